The first-order valence-corrected chi connectivity index (χ1v) is 5.05. The van der Waals surface area contributed by atoms with Crippen molar-refractivity contribution in [3.05, 3.63) is 24.0 Å². The van der Waals surface area contributed by atoms with Gasteiger partial charge in [0.15, 0.2) is 11.6 Å². The fraction of sp³-hybridized carbons (Fsp3) is 0.364. The fourth-order valence-electron chi connectivity index (χ4n) is 1.16. The molecule has 1 rings (SSSR count). The van der Waals surface area contributed by atoms with Crippen LogP contribution in [0.2, 0.25) is 0 Å². The second-order valence-electron chi connectivity index (χ2n) is 3.23. The van der Waals surface area contributed by atoms with E-state index in [4.69, 9.17) is 4.74 Å². The lowest BCUT2D eigenvalue weighted by Gasteiger charge is -2.08. The van der Waals surface area contributed by atoms with E-state index in [9.17, 15) is 9.18 Å². The quantitative estimate of drug-likeness (QED) is 0.828. The highest BCUT2D eigenvalue weighted by molar-refractivity contribution is 5.89. The van der Waals surface area contributed by atoms with Crippen molar-refractivity contribution >= 4 is 11.7 Å². The van der Waals surface area contributed by atoms with E-state index in [0.29, 0.717) is 12.2 Å². The number of urea groups is 1. The van der Waals surface area contributed by atoms with Gasteiger partial charge >= 0.3 is 6.03 Å². The summed E-state index contributed by atoms with van der Waals surface area (Å²) in [5.74, 6) is -0.352. The third-order valence-electron chi connectivity index (χ3n) is 1.95. The van der Waals surface area contributed by atoms with Crippen molar-refractivity contribution in [3.8, 4) is 5.75 Å². The van der Waals surface area contributed by atoms with E-state index in [-0.39, 0.29) is 11.8 Å². The molecule has 0 aliphatic carbocycles. The van der Waals surface area contributed by atoms with Gasteiger partial charge in [-0.1, -0.05) is 6.92 Å². The molecule has 0 heterocycles. The van der Waals surface area contributed by atoms with E-state index in [2.05, 4.69) is 10.6 Å². The predicted molar refractivity (Wildman–Crippen MR) is 60.3 cm³/mol. The molecule has 1 aromatic carbocycles. The Labute approximate surface area is 93.8 Å². The van der Waals surface area contributed by atoms with Crippen LogP contribution in [0.4, 0.5) is 14.9 Å². The number of ether oxygens (including phenoxy) is 1. The smallest absolute Gasteiger partial charge is 0.319 e. The summed E-state index contributed by atoms with van der Waals surface area (Å²) < 4.78 is 18.0. The molecule has 0 fully saturated rings. The lowest BCUT2D eigenvalue weighted by atomic mass is 10.3. The van der Waals surface area contributed by atoms with Gasteiger partial charge in [-0.15, -0.1) is 0 Å². The van der Waals surface area contributed by atoms with Gasteiger partial charge in [-0.3, -0.25) is 0 Å². The van der Waals surface area contributed by atoms with Crippen LogP contribution in [0.15, 0.2) is 18.2 Å². The minimum Gasteiger partial charge on any atom is -0.494 e. The number of hydrogen-bond donors (Lipinski definition) is 2. The number of hydrogen-bond acceptors (Lipinski definition) is 2. The number of halogens is 1. The second-order valence-corrected chi connectivity index (χ2v) is 3.23. The number of nitrogens with one attached hydrogen (secondary N) is 2. The van der Waals surface area contributed by atoms with Gasteiger partial charge in [-0.2, -0.15) is 0 Å². The molecule has 0 saturated heterocycles. The van der Waals surface area contributed by atoms with Crippen LogP contribution in [-0.2, 0) is 0 Å². The zero-order chi connectivity index (χ0) is 12.0. The Kier molecular flexibility index (Phi) is 4.57. The fourth-order valence-corrected chi connectivity index (χ4v) is 1.16. The van der Waals surface area contributed by atoms with Crippen molar-refractivity contribution in [2.45, 2.75) is 13.3 Å². The summed E-state index contributed by atoms with van der Waals surface area (Å²) in [6.45, 7) is 2.54. The Balaban J connectivity index is 2.61. The largest absolute Gasteiger partial charge is 0.494 e. The zero-order valence-electron chi connectivity index (χ0n) is 9.34. The number of anilines is 1. The Bertz CT molecular complexity index is 369. The molecule has 2 N–H and O–H groups in total. The topological polar surface area (TPSA) is 50.4 Å². The Morgan fingerprint density at radius 1 is 1.50 bits per heavy atom. The molecule has 0 bridgehead atoms. The van der Waals surface area contributed by atoms with E-state index in [1.165, 1.54) is 19.2 Å². The monoisotopic (exact) mass is 226 g/mol. The summed E-state index contributed by atoms with van der Waals surface area (Å²) in [4.78, 5) is 11.3. The van der Waals surface area contributed by atoms with Crippen LogP contribution in [0.1, 0.15) is 13.3 Å². The SMILES string of the molecule is CCCNC(=O)Nc1ccc(OC)c(F)c1. The molecule has 0 saturated carbocycles. The average Bonchev–Trinajstić information content (AvgIpc) is 2.26. The molecule has 0 unspecified atom stereocenters. The molecule has 2 amide bonds. The Morgan fingerprint density at radius 3 is 2.81 bits per heavy atom. The standard InChI is InChI=1S/C11H15FN2O2/c1-3-6-13-11(15)14-8-4-5-10(16-2)9(12)7-8/h4-5,7H,3,6H2,1-2H3,(H2,13,14,15). The number of benzene rings is 1. The molecule has 0 aromatic heterocycles. The minimum atomic E-state index is -0.504. The molecule has 0 spiro atoms. The highest BCUT2D eigenvalue weighted by Crippen LogP contribution is 2.20. The molecule has 0 atom stereocenters. The summed E-state index contributed by atoms with van der Waals surface area (Å²) >= 11 is 0. The molecule has 5 heteroatoms. The van der Waals surface area contributed by atoms with Crippen molar-refractivity contribution < 1.29 is 13.9 Å². The van der Waals surface area contributed by atoms with Gasteiger partial charge in [0.2, 0.25) is 0 Å². The highest BCUT2D eigenvalue weighted by atomic mass is 19.1. The zero-order valence-corrected chi connectivity index (χ0v) is 9.34. The first-order chi connectivity index (χ1) is 7.67. The molecule has 0 aliphatic rings. The maximum absolute atomic E-state index is 13.3. The minimum absolute atomic E-state index is 0.152. The normalized spacial score (nSPS) is 9.69. The van der Waals surface area contributed by atoms with Crippen LogP contribution in [0.3, 0.4) is 0 Å². The molecule has 1 aromatic rings. The van der Waals surface area contributed by atoms with Gasteiger partial charge in [0.1, 0.15) is 0 Å². The van der Waals surface area contributed by atoms with E-state index < -0.39 is 5.82 Å². The van der Waals surface area contributed by atoms with Crippen LogP contribution < -0.4 is 15.4 Å². The van der Waals surface area contributed by atoms with E-state index in [1.54, 1.807) is 6.07 Å². The summed E-state index contributed by atoms with van der Waals surface area (Å²) in [6, 6.07) is 3.91. The number of rotatable bonds is 4. The van der Waals surface area contributed by atoms with Crippen LogP contribution >= 0.6 is 0 Å². The van der Waals surface area contributed by atoms with Gasteiger partial charge in [0.05, 0.1) is 7.11 Å². The molecule has 0 radical (unpaired) electrons. The lowest BCUT2D eigenvalue weighted by molar-refractivity contribution is 0.252. The average molecular weight is 226 g/mol. The van der Waals surface area contributed by atoms with Crippen molar-refractivity contribution in [3.63, 3.8) is 0 Å². The van der Waals surface area contributed by atoms with E-state index in [1.807, 2.05) is 6.92 Å². The Morgan fingerprint density at radius 2 is 2.25 bits per heavy atom. The third-order valence-corrected chi connectivity index (χ3v) is 1.95. The first kappa shape index (κ1) is 12.3. The number of carbonyl (C=O) groups is 1. The maximum Gasteiger partial charge on any atom is 0.319 e. The van der Waals surface area contributed by atoms with Crippen molar-refractivity contribution in [2.24, 2.45) is 0 Å². The van der Waals surface area contributed by atoms with Gasteiger partial charge in [-0.25, -0.2) is 9.18 Å². The number of amides is 2. The van der Waals surface area contributed by atoms with Crippen LogP contribution in [-0.4, -0.2) is 19.7 Å². The molecule has 0 aliphatic heterocycles. The van der Waals surface area contributed by atoms with Gasteiger partial charge < -0.3 is 15.4 Å². The number of methoxy groups -OCH3 is 1. The van der Waals surface area contributed by atoms with Gasteiger partial charge in [0.25, 0.3) is 0 Å². The summed E-state index contributed by atoms with van der Waals surface area (Å²) in [5.41, 5.74) is 0.395. The molecule has 4 nitrogen and oxygen atoms in total. The molecule has 88 valence electrons. The molecular weight excluding hydrogens is 211 g/mol. The second kappa shape index (κ2) is 5.95. The maximum atomic E-state index is 13.3. The molecular formula is C11H15FN2O2. The first-order valence-electron chi connectivity index (χ1n) is 5.05. The summed E-state index contributed by atoms with van der Waals surface area (Å²) in [5, 5.41) is 5.15. The predicted octanol–water partition coefficient (Wildman–Crippen LogP) is 2.37. The van der Waals surface area contributed by atoms with Crippen LogP contribution in [0.25, 0.3) is 0 Å². The van der Waals surface area contributed by atoms with Crippen LogP contribution in [0.5, 0.6) is 5.75 Å². The van der Waals surface area contributed by atoms with E-state index >= 15 is 0 Å². The van der Waals surface area contributed by atoms with Crippen LogP contribution in [0, 0.1) is 5.82 Å². The summed E-state index contributed by atoms with van der Waals surface area (Å²) in [7, 11) is 1.39. The third kappa shape index (κ3) is 3.42. The van der Waals surface area contributed by atoms with E-state index in [0.717, 1.165) is 6.42 Å². The lowest BCUT2D eigenvalue weighted by Crippen LogP contribution is -2.29. The summed E-state index contributed by atoms with van der Waals surface area (Å²) in [6.07, 6.45) is 0.852. The van der Waals surface area contributed by atoms with Crippen molar-refractivity contribution in [2.75, 3.05) is 19.0 Å². The number of carbonyl (C=O) groups excluding carboxylic acids is 1. The Hall–Kier alpha value is -1.78. The molecule has 16 heavy (non-hydrogen) atoms. The highest BCUT2D eigenvalue weighted by Gasteiger charge is 2.05. The van der Waals surface area contributed by atoms with Crippen molar-refractivity contribution in [1.82, 2.24) is 5.32 Å². The van der Waals surface area contributed by atoms with Crippen molar-refractivity contribution in [1.29, 1.82) is 0 Å². The van der Waals surface area contributed by atoms with Gasteiger partial charge in [-0.05, 0) is 18.6 Å². The van der Waals surface area contributed by atoms with Gasteiger partial charge in [0, 0.05) is 18.3 Å².